The first kappa shape index (κ1) is 17.8. The summed E-state index contributed by atoms with van der Waals surface area (Å²) in [4.78, 5) is 16.2. The number of nitrogens with one attached hydrogen (secondary N) is 1. The van der Waals surface area contributed by atoms with Crippen molar-refractivity contribution >= 4 is 5.91 Å². The fourth-order valence-corrected chi connectivity index (χ4v) is 2.95. The van der Waals surface area contributed by atoms with Crippen molar-refractivity contribution in [1.82, 2.24) is 15.1 Å². The molecule has 0 aromatic heterocycles. The van der Waals surface area contributed by atoms with Crippen LogP contribution >= 0.6 is 0 Å². The lowest BCUT2D eigenvalue weighted by molar-refractivity contribution is -0.123. The van der Waals surface area contributed by atoms with Crippen molar-refractivity contribution in [2.45, 2.75) is 25.6 Å². The predicted molar refractivity (Wildman–Crippen MR) is 87.6 cm³/mol. The molecule has 5 nitrogen and oxygen atoms in total. The Hall–Kier alpha value is -1.50. The Kier molecular flexibility index (Phi) is 6.50. The molecule has 2 atom stereocenters. The molecule has 6 heteroatoms. The molecule has 0 spiro atoms. The average Bonchev–Trinajstić information content (AvgIpc) is 2.81. The van der Waals surface area contributed by atoms with E-state index < -0.39 is 0 Å². The Balaban J connectivity index is 1.83. The highest BCUT2D eigenvalue weighted by Crippen LogP contribution is 2.12. The van der Waals surface area contributed by atoms with Gasteiger partial charge in [-0.2, -0.15) is 0 Å². The van der Waals surface area contributed by atoms with Gasteiger partial charge in [0.25, 0.3) is 0 Å². The van der Waals surface area contributed by atoms with Gasteiger partial charge in [0.2, 0.25) is 5.91 Å². The van der Waals surface area contributed by atoms with E-state index in [0.29, 0.717) is 18.7 Å². The number of hydrogen-bond donors (Lipinski definition) is 1. The van der Waals surface area contributed by atoms with Gasteiger partial charge in [-0.1, -0.05) is 18.2 Å². The van der Waals surface area contributed by atoms with E-state index in [-0.39, 0.29) is 30.4 Å². The minimum atomic E-state index is -0.242. The molecule has 2 unspecified atom stereocenters. The second-order valence-electron chi connectivity index (χ2n) is 6.15. The van der Waals surface area contributed by atoms with E-state index >= 15 is 0 Å². The molecule has 128 valence electrons. The Morgan fingerprint density at radius 2 is 2.17 bits per heavy atom. The molecule has 23 heavy (non-hydrogen) atoms. The molecule has 0 saturated carbocycles. The smallest absolute Gasteiger partial charge is 0.234 e. The summed E-state index contributed by atoms with van der Waals surface area (Å²) in [5.41, 5.74) is 0.593. The number of halogens is 1. The molecule has 1 fully saturated rings. The van der Waals surface area contributed by atoms with Crippen molar-refractivity contribution in [2.24, 2.45) is 0 Å². The number of benzene rings is 1. The number of rotatable bonds is 7. The predicted octanol–water partition coefficient (Wildman–Crippen LogP) is 1.09. The van der Waals surface area contributed by atoms with Crippen molar-refractivity contribution in [3.63, 3.8) is 0 Å². The molecule has 1 aliphatic rings. The van der Waals surface area contributed by atoms with Crippen LogP contribution in [0.2, 0.25) is 0 Å². The van der Waals surface area contributed by atoms with Crippen LogP contribution in [0, 0.1) is 5.82 Å². The van der Waals surface area contributed by atoms with Gasteiger partial charge in [-0.25, -0.2) is 4.39 Å². The molecular formula is C17H26FN3O2. The Morgan fingerprint density at radius 1 is 1.43 bits per heavy atom. The van der Waals surface area contributed by atoms with Crippen LogP contribution in [0.4, 0.5) is 4.39 Å². The third-order valence-electron chi connectivity index (χ3n) is 3.99. The van der Waals surface area contributed by atoms with Crippen molar-refractivity contribution in [1.29, 1.82) is 0 Å². The summed E-state index contributed by atoms with van der Waals surface area (Å²) in [7, 11) is 3.83. The monoisotopic (exact) mass is 323 g/mol. The normalized spacial score (nSPS) is 21.8. The summed E-state index contributed by atoms with van der Waals surface area (Å²) in [5, 5.41) is 3.03. The highest BCUT2D eigenvalue weighted by molar-refractivity contribution is 5.78. The van der Waals surface area contributed by atoms with E-state index in [4.69, 9.17) is 4.74 Å². The first-order valence-electron chi connectivity index (χ1n) is 8.01. The first-order valence-corrected chi connectivity index (χ1v) is 8.01. The van der Waals surface area contributed by atoms with Gasteiger partial charge >= 0.3 is 0 Å². The fourth-order valence-electron chi connectivity index (χ4n) is 2.95. The zero-order valence-electron chi connectivity index (χ0n) is 14.1. The molecule has 1 amide bonds. The van der Waals surface area contributed by atoms with Crippen LogP contribution in [-0.2, 0) is 16.1 Å². The van der Waals surface area contributed by atoms with Gasteiger partial charge in [0, 0.05) is 31.8 Å². The maximum atomic E-state index is 13.6. The number of likely N-dealkylation sites (N-methyl/N-ethyl adjacent to an activating group) is 2. The number of hydrogen-bond acceptors (Lipinski definition) is 4. The number of ether oxygens (including phenoxy) is 1. The van der Waals surface area contributed by atoms with Crippen LogP contribution in [0.15, 0.2) is 24.3 Å². The van der Waals surface area contributed by atoms with E-state index in [2.05, 4.69) is 10.2 Å². The molecule has 1 aromatic rings. The number of carbonyl (C=O) groups is 1. The van der Waals surface area contributed by atoms with Crippen LogP contribution in [0.3, 0.4) is 0 Å². The largest absolute Gasteiger partial charge is 0.375 e. The van der Waals surface area contributed by atoms with Gasteiger partial charge in [0.1, 0.15) is 5.82 Å². The number of carbonyl (C=O) groups excluding carboxylic acids is 1. The van der Waals surface area contributed by atoms with Crippen molar-refractivity contribution in [3.05, 3.63) is 35.6 Å². The number of likely N-dealkylation sites (tertiary alicyclic amines) is 1. The average molecular weight is 323 g/mol. The second kappa shape index (κ2) is 8.38. The first-order chi connectivity index (χ1) is 11.0. The topological polar surface area (TPSA) is 44.8 Å². The Morgan fingerprint density at radius 3 is 2.87 bits per heavy atom. The van der Waals surface area contributed by atoms with E-state index in [1.807, 2.05) is 25.9 Å². The van der Waals surface area contributed by atoms with Crippen molar-refractivity contribution in [2.75, 3.05) is 40.3 Å². The van der Waals surface area contributed by atoms with E-state index in [9.17, 15) is 9.18 Å². The summed E-state index contributed by atoms with van der Waals surface area (Å²) >= 11 is 0. The molecule has 0 bridgehead atoms. The number of nitrogens with zero attached hydrogens (tertiary/aromatic N) is 2. The highest BCUT2D eigenvalue weighted by Gasteiger charge is 2.32. The molecule has 1 N–H and O–H groups in total. The molecule has 1 saturated heterocycles. The van der Waals surface area contributed by atoms with Crippen molar-refractivity contribution in [3.8, 4) is 0 Å². The summed E-state index contributed by atoms with van der Waals surface area (Å²) in [5.74, 6) is -0.303. The lowest BCUT2D eigenvalue weighted by Crippen LogP contribution is -2.47. The third kappa shape index (κ3) is 5.27. The van der Waals surface area contributed by atoms with Crippen LogP contribution < -0.4 is 5.32 Å². The zero-order valence-corrected chi connectivity index (χ0v) is 14.1. The summed E-state index contributed by atoms with van der Waals surface area (Å²) in [6.07, 6.45) is 0.0332. The SMILES string of the molecule is CCOC1CN(C)CC1NC(=O)CN(C)Cc1ccccc1F. The fraction of sp³-hybridized carbons (Fsp3) is 0.588. The van der Waals surface area contributed by atoms with E-state index in [1.54, 1.807) is 18.2 Å². The molecule has 0 aliphatic carbocycles. The summed E-state index contributed by atoms with van der Waals surface area (Å²) in [6.45, 7) is 4.84. The minimum absolute atomic E-state index is 0.00862. The maximum absolute atomic E-state index is 13.6. The molecular weight excluding hydrogens is 297 g/mol. The molecule has 0 radical (unpaired) electrons. The molecule has 2 rings (SSSR count). The lowest BCUT2D eigenvalue weighted by Gasteiger charge is -2.22. The maximum Gasteiger partial charge on any atom is 0.234 e. The number of amides is 1. The van der Waals surface area contributed by atoms with Gasteiger partial charge in [-0.15, -0.1) is 0 Å². The van der Waals surface area contributed by atoms with Crippen LogP contribution in [0.1, 0.15) is 12.5 Å². The second-order valence-corrected chi connectivity index (χ2v) is 6.15. The van der Waals surface area contributed by atoms with Gasteiger partial charge in [0.05, 0.1) is 18.7 Å². The minimum Gasteiger partial charge on any atom is -0.375 e. The Bertz CT molecular complexity index is 526. The van der Waals surface area contributed by atoms with Crippen LogP contribution in [-0.4, -0.2) is 68.2 Å². The van der Waals surface area contributed by atoms with Gasteiger partial charge in [-0.05, 0) is 27.1 Å². The standard InChI is InChI=1S/C17H26FN3O2/c1-4-23-16-11-21(3)10-15(16)19-17(22)12-20(2)9-13-7-5-6-8-14(13)18/h5-8,15-16H,4,9-12H2,1-3H3,(H,19,22). The quantitative estimate of drug-likeness (QED) is 0.816. The zero-order chi connectivity index (χ0) is 16.8. The van der Waals surface area contributed by atoms with Gasteiger partial charge in [-0.3, -0.25) is 9.69 Å². The molecule has 1 heterocycles. The van der Waals surface area contributed by atoms with Gasteiger partial charge < -0.3 is 15.0 Å². The summed E-state index contributed by atoms with van der Waals surface area (Å²) in [6, 6.07) is 6.64. The van der Waals surface area contributed by atoms with Gasteiger partial charge in [0.15, 0.2) is 0 Å². The lowest BCUT2D eigenvalue weighted by atomic mass is 10.2. The Labute approximate surface area is 137 Å². The third-order valence-corrected chi connectivity index (χ3v) is 3.99. The van der Waals surface area contributed by atoms with E-state index in [1.165, 1.54) is 6.07 Å². The molecule has 1 aliphatic heterocycles. The van der Waals surface area contributed by atoms with Crippen LogP contribution in [0.25, 0.3) is 0 Å². The molecule has 1 aromatic carbocycles. The highest BCUT2D eigenvalue weighted by atomic mass is 19.1. The van der Waals surface area contributed by atoms with E-state index in [0.717, 1.165) is 13.1 Å². The summed E-state index contributed by atoms with van der Waals surface area (Å²) < 4.78 is 19.3. The van der Waals surface area contributed by atoms with Crippen LogP contribution in [0.5, 0.6) is 0 Å². The van der Waals surface area contributed by atoms with Crippen molar-refractivity contribution < 1.29 is 13.9 Å².